The summed E-state index contributed by atoms with van der Waals surface area (Å²) in [5.74, 6) is -2.54. The molecular weight excluding hydrogens is 384 g/mol. The van der Waals surface area contributed by atoms with Gasteiger partial charge in [-0.1, -0.05) is 0 Å². The zero-order valence-electron chi connectivity index (χ0n) is 15.3. The van der Waals surface area contributed by atoms with Gasteiger partial charge in [-0.3, -0.25) is 9.59 Å². The number of nitrogens with one attached hydrogen (secondary N) is 1. The Bertz CT molecular complexity index is 871. The highest BCUT2D eigenvalue weighted by molar-refractivity contribution is 7.11. The van der Waals surface area contributed by atoms with E-state index in [4.69, 9.17) is 0 Å². The number of fused-ring (bicyclic) bond motifs is 1. The molecule has 28 heavy (non-hydrogen) atoms. The van der Waals surface area contributed by atoms with Crippen molar-refractivity contribution in [1.29, 1.82) is 0 Å². The third-order valence-corrected chi connectivity index (χ3v) is 6.40. The zero-order valence-corrected chi connectivity index (χ0v) is 16.2. The summed E-state index contributed by atoms with van der Waals surface area (Å²) < 4.78 is 26.8. The van der Waals surface area contributed by atoms with Crippen LogP contribution in [0.1, 0.15) is 34.8 Å². The van der Waals surface area contributed by atoms with E-state index in [1.54, 1.807) is 11.3 Å². The maximum absolute atomic E-state index is 13.4. The Morgan fingerprint density at radius 3 is 2.71 bits per heavy atom. The maximum Gasteiger partial charge on any atom is 0.227 e. The lowest BCUT2D eigenvalue weighted by Crippen LogP contribution is -2.34. The summed E-state index contributed by atoms with van der Waals surface area (Å²) in [5.41, 5.74) is 1.35. The smallest absolute Gasteiger partial charge is 0.227 e. The molecule has 4 rings (SSSR count). The van der Waals surface area contributed by atoms with Crippen LogP contribution in [-0.2, 0) is 28.9 Å². The second kappa shape index (κ2) is 7.95. The van der Waals surface area contributed by atoms with Gasteiger partial charge >= 0.3 is 0 Å². The molecule has 2 amide bonds. The molecule has 2 aromatic rings. The number of halogens is 2. The molecule has 0 bridgehead atoms. The number of benzene rings is 1. The Morgan fingerprint density at radius 1 is 1.21 bits per heavy atom. The number of carbonyl (C=O) groups is 2. The van der Waals surface area contributed by atoms with E-state index in [9.17, 15) is 18.4 Å². The number of nitrogens with zero attached hydrogens (tertiary/aromatic N) is 2. The van der Waals surface area contributed by atoms with Gasteiger partial charge in [-0.15, -0.1) is 11.3 Å². The number of thiazole rings is 1. The van der Waals surface area contributed by atoms with Crippen molar-refractivity contribution in [2.75, 3.05) is 18.0 Å². The number of hydrogen-bond acceptors (Lipinski definition) is 4. The van der Waals surface area contributed by atoms with Crippen LogP contribution >= 0.6 is 11.3 Å². The van der Waals surface area contributed by atoms with Crippen LogP contribution in [0, 0.1) is 17.6 Å². The van der Waals surface area contributed by atoms with Gasteiger partial charge in [0.25, 0.3) is 0 Å². The quantitative estimate of drug-likeness (QED) is 0.832. The van der Waals surface area contributed by atoms with Gasteiger partial charge in [0.2, 0.25) is 11.8 Å². The Morgan fingerprint density at radius 2 is 1.96 bits per heavy atom. The van der Waals surface area contributed by atoms with Crippen molar-refractivity contribution < 1.29 is 18.4 Å². The molecule has 0 spiro atoms. The van der Waals surface area contributed by atoms with Crippen molar-refractivity contribution >= 4 is 28.8 Å². The molecule has 0 radical (unpaired) electrons. The summed E-state index contributed by atoms with van der Waals surface area (Å²) in [6.07, 6.45) is 5.25. The van der Waals surface area contributed by atoms with Crippen LogP contribution in [0.3, 0.4) is 0 Å². The highest BCUT2D eigenvalue weighted by Crippen LogP contribution is 2.28. The predicted octanol–water partition coefficient (Wildman–Crippen LogP) is 3.01. The van der Waals surface area contributed by atoms with E-state index < -0.39 is 17.6 Å². The van der Waals surface area contributed by atoms with Crippen LogP contribution in [-0.4, -0.2) is 29.9 Å². The van der Waals surface area contributed by atoms with Crippen molar-refractivity contribution in [3.63, 3.8) is 0 Å². The molecule has 5 nitrogen and oxygen atoms in total. The molecule has 1 fully saturated rings. The molecule has 1 aliphatic heterocycles. The third kappa shape index (κ3) is 4.06. The molecule has 1 saturated heterocycles. The van der Waals surface area contributed by atoms with Crippen molar-refractivity contribution in [3.8, 4) is 0 Å². The monoisotopic (exact) mass is 405 g/mol. The second-order valence-electron chi connectivity index (χ2n) is 7.26. The minimum atomic E-state index is -0.748. The predicted molar refractivity (Wildman–Crippen MR) is 102 cm³/mol. The molecular formula is C20H21F2N3O2S. The van der Waals surface area contributed by atoms with Gasteiger partial charge in [0.05, 0.1) is 16.6 Å². The fourth-order valence-corrected chi connectivity index (χ4v) is 4.93. The van der Waals surface area contributed by atoms with E-state index in [1.807, 2.05) is 0 Å². The number of rotatable bonds is 5. The van der Waals surface area contributed by atoms with E-state index in [2.05, 4.69) is 10.3 Å². The number of amides is 2. The molecule has 1 aromatic heterocycles. The average Bonchev–Trinajstić information content (AvgIpc) is 3.23. The summed E-state index contributed by atoms with van der Waals surface area (Å²) in [5, 5.41) is 3.90. The number of aryl methyl sites for hydroxylation is 2. The molecule has 1 aromatic carbocycles. The van der Waals surface area contributed by atoms with Crippen molar-refractivity contribution in [1.82, 2.24) is 10.3 Å². The molecule has 2 aliphatic rings. The highest BCUT2D eigenvalue weighted by Gasteiger charge is 2.35. The normalized spacial score (nSPS) is 19.0. The van der Waals surface area contributed by atoms with E-state index in [0.717, 1.165) is 36.0 Å². The first-order chi connectivity index (χ1) is 13.5. The Balaban J connectivity index is 1.31. The van der Waals surface area contributed by atoms with Gasteiger partial charge in [-0.25, -0.2) is 13.8 Å². The molecule has 0 saturated carbocycles. The number of anilines is 1. The summed E-state index contributed by atoms with van der Waals surface area (Å²) in [6, 6.07) is 2.96. The van der Waals surface area contributed by atoms with E-state index in [1.165, 1.54) is 28.3 Å². The molecule has 2 heterocycles. The topological polar surface area (TPSA) is 62.3 Å². The van der Waals surface area contributed by atoms with Crippen LogP contribution in [0.4, 0.5) is 14.5 Å². The summed E-state index contributed by atoms with van der Waals surface area (Å²) in [7, 11) is 0. The van der Waals surface area contributed by atoms with E-state index >= 15 is 0 Å². The lowest BCUT2D eigenvalue weighted by Gasteiger charge is -2.17. The lowest BCUT2D eigenvalue weighted by atomic mass is 10.0. The van der Waals surface area contributed by atoms with Crippen molar-refractivity contribution in [2.45, 2.75) is 38.5 Å². The van der Waals surface area contributed by atoms with Gasteiger partial charge in [-0.2, -0.15) is 0 Å². The largest absolute Gasteiger partial charge is 0.355 e. The Labute approximate surface area is 165 Å². The van der Waals surface area contributed by atoms with Gasteiger partial charge < -0.3 is 10.2 Å². The van der Waals surface area contributed by atoms with Crippen molar-refractivity contribution in [2.24, 2.45) is 5.92 Å². The van der Waals surface area contributed by atoms with Gasteiger partial charge in [0.1, 0.15) is 11.6 Å². The minimum Gasteiger partial charge on any atom is -0.355 e. The standard InChI is InChI=1S/C20H21F2N3O2S/c21-13-8-14(22)10-15(9-13)25-11-12(7-19(25)26)20(27)23-6-5-18-24-16-3-1-2-4-17(16)28-18/h8-10,12H,1-7,11H2,(H,23,27). The summed E-state index contributed by atoms with van der Waals surface area (Å²) in [6.45, 7) is 0.587. The SMILES string of the molecule is O=C(NCCc1nc2c(s1)CCCC2)C1CC(=O)N(c2cc(F)cc(F)c2)C1. The number of aromatic nitrogens is 1. The molecule has 148 valence electrons. The zero-order chi connectivity index (χ0) is 19.7. The average molecular weight is 405 g/mol. The summed E-state index contributed by atoms with van der Waals surface area (Å²) in [4.78, 5) is 31.9. The first kappa shape index (κ1) is 19.0. The fraction of sp³-hybridized carbons (Fsp3) is 0.450. The first-order valence-corrected chi connectivity index (χ1v) is 10.3. The molecule has 1 unspecified atom stereocenters. The Kier molecular flexibility index (Phi) is 5.39. The molecule has 1 aliphatic carbocycles. The van der Waals surface area contributed by atoms with Gasteiger partial charge in [-0.05, 0) is 37.8 Å². The van der Waals surface area contributed by atoms with Gasteiger partial charge in [0, 0.05) is 42.6 Å². The van der Waals surface area contributed by atoms with Crippen LogP contribution < -0.4 is 10.2 Å². The summed E-state index contributed by atoms with van der Waals surface area (Å²) >= 11 is 1.72. The Hall–Kier alpha value is -2.35. The van der Waals surface area contributed by atoms with Crippen LogP contribution in [0.15, 0.2) is 18.2 Å². The maximum atomic E-state index is 13.4. The highest BCUT2D eigenvalue weighted by atomic mass is 32.1. The van der Waals surface area contributed by atoms with Crippen LogP contribution in [0.25, 0.3) is 0 Å². The van der Waals surface area contributed by atoms with Crippen LogP contribution in [0.5, 0.6) is 0 Å². The lowest BCUT2D eigenvalue weighted by molar-refractivity contribution is -0.126. The minimum absolute atomic E-state index is 0.0372. The number of carbonyl (C=O) groups excluding carboxylic acids is 2. The number of hydrogen-bond donors (Lipinski definition) is 1. The van der Waals surface area contributed by atoms with E-state index in [0.29, 0.717) is 13.0 Å². The third-order valence-electron chi connectivity index (χ3n) is 5.18. The fourth-order valence-electron chi connectivity index (χ4n) is 3.78. The van der Waals surface area contributed by atoms with E-state index in [-0.39, 0.29) is 30.5 Å². The first-order valence-electron chi connectivity index (χ1n) is 9.51. The molecule has 1 atom stereocenters. The second-order valence-corrected chi connectivity index (χ2v) is 8.43. The van der Waals surface area contributed by atoms with Gasteiger partial charge in [0.15, 0.2) is 0 Å². The van der Waals surface area contributed by atoms with Crippen LogP contribution in [0.2, 0.25) is 0 Å². The van der Waals surface area contributed by atoms with Crippen molar-refractivity contribution in [3.05, 3.63) is 45.4 Å². The molecule has 8 heteroatoms. The molecule has 1 N–H and O–H groups in total.